The fourth-order valence-corrected chi connectivity index (χ4v) is 3.69. The van der Waals surface area contributed by atoms with Gasteiger partial charge >= 0.3 is 0 Å². The van der Waals surface area contributed by atoms with Crippen molar-refractivity contribution in [1.82, 2.24) is 15.0 Å². The number of rotatable bonds is 8. The van der Waals surface area contributed by atoms with E-state index in [1.807, 2.05) is 42.5 Å². The summed E-state index contributed by atoms with van der Waals surface area (Å²) in [7, 11) is 4.94. The molecule has 7 nitrogen and oxygen atoms in total. The molecular weight excluding hydrogens is 380 g/mol. The SMILES string of the molecule is C=CCN(Cc1cccc(OC)c1OC)c1ncnc2c1[nH]c1ccc(OC)cc12. The van der Waals surface area contributed by atoms with Crippen LogP contribution in [0.4, 0.5) is 5.82 Å². The van der Waals surface area contributed by atoms with Gasteiger partial charge in [-0.05, 0) is 24.3 Å². The first kappa shape index (κ1) is 19.6. The molecule has 2 aromatic heterocycles. The Labute approximate surface area is 174 Å². The van der Waals surface area contributed by atoms with Gasteiger partial charge in [0.05, 0.1) is 21.3 Å². The molecule has 1 N–H and O–H groups in total. The van der Waals surface area contributed by atoms with Crippen LogP contribution >= 0.6 is 0 Å². The molecule has 0 aliphatic carbocycles. The molecule has 0 spiro atoms. The number of nitrogens with one attached hydrogen (secondary N) is 1. The van der Waals surface area contributed by atoms with Gasteiger partial charge < -0.3 is 24.1 Å². The lowest BCUT2D eigenvalue weighted by Gasteiger charge is -2.24. The molecule has 7 heteroatoms. The minimum absolute atomic E-state index is 0.567. The Balaban J connectivity index is 1.83. The second-order valence-corrected chi connectivity index (χ2v) is 6.78. The first-order valence-corrected chi connectivity index (χ1v) is 9.56. The highest BCUT2D eigenvalue weighted by Crippen LogP contribution is 2.35. The second kappa shape index (κ2) is 8.32. The molecule has 0 bridgehead atoms. The van der Waals surface area contributed by atoms with Crippen LogP contribution in [0.5, 0.6) is 17.2 Å². The minimum Gasteiger partial charge on any atom is -0.497 e. The highest BCUT2D eigenvalue weighted by atomic mass is 16.5. The monoisotopic (exact) mass is 404 g/mol. The third-order valence-corrected chi connectivity index (χ3v) is 5.06. The Morgan fingerprint density at radius 3 is 2.67 bits per heavy atom. The molecule has 0 fully saturated rings. The van der Waals surface area contributed by atoms with E-state index in [0.29, 0.717) is 24.6 Å². The molecular formula is C23H24N4O3. The van der Waals surface area contributed by atoms with Crippen LogP contribution < -0.4 is 19.1 Å². The summed E-state index contributed by atoms with van der Waals surface area (Å²) in [6, 6.07) is 11.7. The van der Waals surface area contributed by atoms with Crippen molar-refractivity contribution in [1.29, 1.82) is 0 Å². The molecule has 0 atom stereocenters. The summed E-state index contributed by atoms with van der Waals surface area (Å²) in [5.74, 6) is 2.98. The average Bonchev–Trinajstić information content (AvgIpc) is 3.16. The van der Waals surface area contributed by atoms with Crippen molar-refractivity contribution in [2.45, 2.75) is 6.54 Å². The predicted molar refractivity (Wildman–Crippen MR) is 119 cm³/mol. The van der Waals surface area contributed by atoms with Crippen molar-refractivity contribution in [2.24, 2.45) is 0 Å². The van der Waals surface area contributed by atoms with Crippen LogP contribution in [-0.4, -0.2) is 42.8 Å². The number of benzene rings is 2. The molecule has 0 aliphatic rings. The second-order valence-electron chi connectivity index (χ2n) is 6.78. The number of H-pyrrole nitrogens is 1. The summed E-state index contributed by atoms with van der Waals surface area (Å²) in [5.41, 5.74) is 3.68. The van der Waals surface area contributed by atoms with Crippen LogP contribution in [0.25, 0.3) is 21.9 Å². The van der Waals surface area contributed by atoms with Crippen LogP contribution in [0.3, 0.4) is 0 Å². The zero-order valence-corrected chi connectivity index (χ0v) is 17.3. The molecule has 0 amide bonds. The summed E-state index contributed by atoms with van der Waals surface area (Å²) in [5, 5.41) is 0.991. The summed E-state index contributed by atoms with van der Waals surface area (Å²) in [4.78, 5) is 14.7. The molecule has 0 saturated carbocycles. The minimum atomic E-state index is 0.567. The van der Waals surface area contributed by atoms with E-state index in [2.05, 4.69) is 26.4 Å². The molecule has 4 rings (SSSR count). The predicted octanol–water partition coefficient (Wildman–Crippen LogP) is 4.33. The van der Waals surface area contributed by atoms with E-state index in [-0.39, 0.29) is 0 Å². The number of aromatic nitrogens is 3. The maximum Gasteiger partial charge on any atom is 0.165 e. The van der Waals surface area contributed by atoms with Gasteiger partial charge in [0.2, 0.25) is 0 Å². The smallest absolute Gasteiger partial charge is 0.165 e. The van der Waals surface area contributed by atoms with Gasteiger partial charge in [0.15, 0.2) is 17.3 Å². The van der Waals surface area contributed by atoms with Crippen molar-refractivity contribution in [2.75, 3.05) is 32.8 Å². The number of hydrogen-bond donors (Lipinski definition) is 1. The highest BCUT2D eigenvalue weighted by Gasteiger charge is 2.19. The van der Waals surface area contributed by atoms with Gasteiger partial charge in [-0.3, -0.25) is 0 Å². The van der Waals surface area contributed by atoms with Gasteiger partial charge in [0.25, 0.3) is 0 Å². The van der Waals surface area contributed by atoms with E-state index in [1.54, 1.807) is 27.7 Å². The van der Waals surface area contributed by atoms with Crippen molar-refractivity contribution in [3.05, 3.63) is 60.9 Å². The zero-order chi connectivity index (χ0) is 21.1. The van der Waals surface area contributed by atoms with Crippen LogP contribution in [0, 0.1) is 0 Å². The Morgan fingerprint density at radius 1 is 1.07 bits per heavy atom. The Morgan fingerprint density at radius 2 is 1.93 bits per heavy atom. The van der Waals surface area contributed by atoms with Gasteiger partial charge in [-0.15, -0.1) is 6.58 Å². The first-order valence-electron chi connectivity index (χ1n) is 9.56. The maximum absolute atomic E-state index is 5.61. The average molecular weight is 404 g/mol. The third kappa shape index (κ3) is 3.39. The van der Waals surface area contributed by atoms with E-state index in [4.69, 9.17) is 14.2 Å². The topological polar surface area (TPSA) is 72.5 Å². The highest BCUT2D eigenvalue weighted by molar-refractivity contribution is 6.08. The molecule has 30 heavy (non-hydrogen) atoms. The lowest BCUT2D eigenvalue weighted by Crippen LogP contribution is -2.24. The molecule has 2 aromatic carbocycles. The van der Waals surface area contributed by atoms with Crippen molar-refractivity contribution in [3.63, 3.8) is 0 Å². The Hall–Kier alpha value is -3.74. The van der Waals surface area contributed by atoms with Crippen LogP contribution in [0.15, 0.2) is 55.4 Å². The molecule has 0 radical (unpaired) electrons. The van der Waals surface area contributed by atoms with E-state index >= 15 is 0 Å². The van der Waals surface area contributed by atoms with Gasteiger partial charge in [-0.1, -0.05) is 18.2 Å². The largest absolute Gasteiger partial charge is 0.497 e. The number of methoxy groups -OCH3 is 3. The summed E-state index contributed by atoms with van der Waals surface area (Å²) in [6.07, 6.45) is 3.44. The molecule has 154 valence electrons. The maximum atomic E-state index is 5.61. The van der Waals surface area contributed by atoms with Crippen LogP contribution in [0.2, 0.25) is 0 Å². The number of ether oxygens (including phenoxy) is 3. The van der Waals surface area contributed by atoms with Crippen LogP contribution in [-0.2, 0) is 6.54 Å². The summed E-state index contributed by atoms with van der Waals surface area (Å²) < 4.78 is 16.4. The fraction of sp³-hybridized carbons (Fsp3) is 0.217. The van der Waals surface area contributed by atoms with Gasteiger partial charge in [0.1, 0.15) is 23.1 Å². The van der Waals surface area contributed by atoms with E-state index < -0.39 is 0 Å². The van der Waals surface area contributed by atoms with E-state index in [1.165, 1.54) is 0 Å². The lowest BCUT2D eigenvalue weighted by atomic mass is 10.1. The number of anilines is 1. The number of fused-ring (bicyclic) bond motifs is 3. The Kier molecular flexibility index (Phi) is 5.43. The normalized spacial score (nSPS) is 10.9. The van der Waals surface area contributed by atoms with Crippen molar-refractivity contribution < 1.29 is 14.2 Å². The first-order chi connectivity index (χ1) is 14.7. The number of para-hydroxylation sites is 1. The number of nitrogens with zero attached hydrogens (tertiary/aromatic N) is 3. The molecule has 4 aromatic rings. The molecule has 0 saturated heterocycles. The zero-order valence-electron chi connectivity index (χ0n) is 17.3. The lowest BCUT2D eigenvalue weighted by molar-refractivity contribution is 0.351. The summed E-state index contributed by atoms with van der Waals surface area (Å²) in [6.45, 7) is 5.09. The van der Waals surface area contributed by atoms with Crippen molar-refractivity contribution >= 4 is 27.8 Å². The molecule has 0 aliphatic heterocycles. The number of hydrogen-bond acceptors (Lipinski definition) is 6. The fourth-order valence-electron chi connectivity index (χ4n) is 3.69. The Bertz CT molecular complexity index is 1200. The molecule has 0 unspecified atom stereocenters. The summed E-state index contributed by atoms with van der Waals surface area (Å²) >= 11 is 0. The van der Waals surface area contributed by atoms with Crippen molar-refractivity contribution in [3.8, 4) is 17.2 Å². The van der Waals surface area contributed by atoms with Gasteiger partial charge in [0, 0.05) is 29.6 Å². The standard InChI is InChI=1S/C23H24N4O3/c1-5-11-27(13-15-7-6-8-19(29-3)22(15)30-4)23-21-20(24-14-25-23)17-12-16(28-2)9-10-18(17)26-21/h5-10,12,14,26H,1,11,13H2,2-4H3. The van der Waals surface area contributed by atoms with E-state index in [9.17, 15) is 0 Å². The third-order valence-electron chi connectivity index (χ3n) is 5.06. The van der Waals surface area contributed by atoms with E-state index in [0.717, 1.165) is 39.1 Å². The van der Waals surface area contributed by atoms with Gasteiger partial charge in [-0.25, -0.2) is 9.97 Å². The quantitative estimate of drug-likeness (QED) is 0.441. The van der Waals surface area contributed by atoms with Crippen LogP contribution in [0.1, 0.15) is 5.56 Å². The molecule has 2 heterocycles. The van der Waals surface area contributed by atoms with Gasteiger partial charge in [-0.2, -0.15) is 0 Å². The number of aromatic amines is 1.